The molecular weight excluding hydrogens is 198 g/mol. The van der Waals surface area contributed by atoms with Crippen LogP contribution in [0.3, 0.4) is 0 Å². The fourth-order valence-corrected chi connectivity index (χ4v) is 1.32. The summed E-state index contributed by atoms with van der Waals surface area (Å²) in [5.74, 6) is 0.645. The Bertz CT molecular complexity index is 260. The smallest absolute Gasteiger partial charge is 0.0762 e. The Morgan fingerprint density at radius 1 is 1.64 bits per heavy atom. The zero-order valence-corrected chi connectivity index (χ0v) is 9.59. The maximum atomic E-state index is 5.56. The lowest BCUT2D eigenvalue weighted by atomic mass is 10.3. The topological polar surface area (TPSA) is 29.9 Å². The highest BCUT2D eigenvalue weighted by Gasteiger charge is 2.03. The maximum Gasteiger partial charge on any atom is 0.0762 e. The number of aromatic nitrogens is 2. The average Bonchev–Trinajstić information content (AvgIpc) is 2.66. The predicted octanol–water partition coefficient (Wildman–Crippen LogP) is 2.18. The molecule has 1 aromatic rings. The van der Waals surface area contributed by atoms with Crippen molar-refractivity contribution in [3.63, 3.8) is 0 Å². The third-order valence-electron chi connectivity index (χ3n) is 2.28. The van der Waals surface area contributed by atoms with Crippen LogP contribution < -0.4 is 5.32 Å². The third-order valence-corrected chi connectivity index (χ3v) is 2.47. The lowest BCUT2D eigenvalue weighted by Gasteiger charge is -2.08. The first kappa shape index (κ1) is 11.5. The van der Waals surface area contributed by atoms with E-state index in [1.54, 1.807) is 0 Å². The van der Waals surface area contributed by atoms with E-state index in [9.17, 15) is 0 Å². The number of rotatable bonds is 6. The summed E-state index contributed by atoms with van der Waals surface area (Å²) in [4.78, 5) is 0. The molecule has 4 heteroatoms. The van der Waals surface area contributed by atoms with Crippen LogP contribution in [0.15, 0.2) is 12.3 Å². The summed E-state index contributed by atoms with van der Waals surface area (Å²) < 4.78 is 2.01. The van der Waals surface area contributed by atoms with Crippen molar-refractivity contribution in [2.75, 3.05) is 12.4 Å². The molecule has 0 spiro atoms. The monoisotopic (exact) mass is 215 g/mol. The molecule has 0 amide bonds. The molecule has 14 heavy (non-hydrogen) atoms. The van der Waals surface area contributed by atoms with Crippen LogP contribution in [-0.4, -0.2) is 22.2 Å². The van der Waals surface area contributed by atoms with E-state index in [1.165, 1.54) is 0 Å². The van der Waals surface area contributed by atoms with E-state index in [-0.39, 0.29) is 0 Å². The van der Waals surface area contributed by atoms with E-state index in [1.807, 2.05) is 16.9 Å². The van der Waals surface area contributed by atoms with Crippen molar-refractivity contribution in [1.82, 2.24) is 15.1 Å². The Balaban J connectivity index is 2.42. The average molecular weight is 216 g/mol. The van der Waals surface area contributed by atoms with Gasteiger partial charge in [-0.25, -0.2) is 0 Å². The van der Waals surface area contributed by atoms with Crippen molar-refractivity contribution in [2.24, 2.45) is 0 Å². The number of alkyl halides is 1. The standard InChI is InChI=1S/C10H18ClN3/c1-3-9(2)14-7-4-10(13-14)8-12-6-5-11/h4,7,9,12H,3,5-6,8H2,1-2H3. The normalized spacial score (nSPS) is 13.1. The molecule has 0 fully saturated rings. The number of hydrogen-bond acceptors (Lipinski definition) is 2. The van der Waals surface area contributed by atoms with Crippen molar-refractivity contribution in [1.29, 1.82) is 0 Å². The van der Waals surface area contributed by atoms with Gasteiger partial charge in [0.25, 0.3) is 0 Å². The van der Waals surface area contributed by atoms with Crippen molar-refractivity contribution < 1.29 is 0 Å². The van der Waals surface area contributed by atoms with E-state index in [0.29, 0.717) is 11.9 Å². The predicted molar refractivity (Wildman–Crippen MR) is 59.7 cm³/mol. The minimum Gasteiger partial charge on any atom is -0.310 e. The van der Waals surface area contributed by atoms with Gasteiger partial charge in [0.15, 0.2) is 0 Å². The fourth-order valence-electron chi connectivity index (χ4n) is 1.19. The summed E-state index contributed by atoms with van der Waals surface area (Å²) in [5, 5.41) is 7.68. The van der Waals surface area contributed by atoms with Crippen LogP contribution in [0.25, 0.3) is 0 Å². The second-order valence-electron chi connectivity index (χ2n) is 3.41. The minimum absolute atomic E-state index is 0.483. The molecule has 1 unspecified atom stereocenters. The first-order chi connectivity index (χ1) is 6.77. The van der Waals surface area contributed by atoms with Gasteiger partial charge in [-0.2, -0.15) is 5.10 Å². The maximum absolute atomic E-state index is 5.56. The Hall–Kier alpha value is -0.540. The van der Waals surface area contributed by atoms with E-state index in [2.05, 4.69) is 24.3 Å². The lowest BCUT2D eigenvalue weighted by Crippen LogP contribution is -2.16. The van der Waals surface area contributed by atoms with Gasteiger partial charge in [-0.05, 0) is 19.4 Å². The minimum atomic E-state index is 0.483. The fraction of sp³-hybridized carbons (Fsp3) is 0.700. The summed E-state index contributed by atoms with van der Waals surface area (Å²) in [6.45, 7) is 5.97. The van der Waals surface area contributed by atoms with Crippen molar-refractivity contribution in [2.45, 2.75) is 32.9 Å². The van der Waals surface area contributed by atoms with Gasteiger partial charge < -0.3 is 5.32 Å². The largest absolute Gasteiger partial charge is 0.310 e. The van der Waals surface area contributed by atoms with Crippen molar-refractivity contribution >= 4 is 11.6 Å². The van der Waals surface area contributed by atoms with Gasteiger partial charge >= 0.3 is 0 Å². The first-order valence-corrected chi connectivity index (χ1v) is 5.62. The molecule has 1 N–H and O–H groups in total. The van der Waals surface area contributed by atoms with E-state index < -0.39 is 0 Å². The molecule has 0 bridgehead atoms. The summed E-state index contributed by atoms with van der Waals surface area (Å²) >= 11 is 5.56. The van der Waals surface area contributed by atoms with Gasteiger partial charge in [0.05, 0.1) is 5.69 Å². The van der Waals surface area contributed by atoms with Crippen LogP contribution in [0.5, 0.6) is 0 Å². The molecule has 1 aromatic heterocycles. The molecule has 0 aliphatic carbocycles. The molecule has 0 aliphatic rings. The zero-order chi connectivity index (χ0) is 10.4. The molecule has 1 atom stereocenters. The molecule has 3 nitrogen and oxygen atoms in total. The van der Waals surface area contributed by atoms with E-state index in [0.717, 1.165) is 25.2 Å². The molecule has 0 aliphatic heterocycles. The summed E-state index contributed by atoms with van der Waals surface area (Å²) in [7, 11) is 0. The summed E-state index contributed by atoms with van der Waals surface area (Å²) in [6, 6.07) is 2.53. The summed E-state index contributed by atoms with van der Waals surface area (Å²) in [6.07, 6.45) is 3.14. The van der Waals surface area contributed by atoms with Gasteiger partial charge in [0, 0.05) is 31.2 Å². The van der Waals surface area contributed by atoms with Gasteiger partial charge in [-0.15, -0.1) is 11.6 Å². The van der Waals surface area contributed by atoms with Crippen LogP contribution in [0, 0.1) is 0 Å². The highest BCUT2D eigenvalue weighted by molar-refractivity contribution is 6.18. The number of halogens is 1. The van der Waals surface area contributed by atoms with Gasteiger partial charge in [-0.3, -0.25) is 4.68 Å². The molecule has 1 heterocycles. The van der Waals surface area contributed by atoms with Crippen molar-refractivity contribution in [3.05, 3.63) is 18.0 Å². The third kappa shape index (κ3) is 3.31. The Morgan fingerprint density at radius 2 is 2.43 bits per heavy atom. The van der Waals surface area contributed by atoms with Gasteiger partial charge in [0.1, 0.15) is 0 Å². The lowest BCUT2D eigenvalue weighted by molar-refractivity contribution is 0.472. The SMILES string of the molecule is CCC(C)n1ccc(CNCCCl)n1. The van der Waals surface area contributed by atoms with Crippen molar-refractivity contribution in [3.8, 4) is 0 Å². The number of nitrogens with zero attached hydrogens (tertiary/aromatic N) is 2. The van der Waals surface area contributed by atoms with Crippen LogP contribution >= 0.6 is 11.6 Å². The van der Waals surface area contributed by atoms with Crippen LogP contribution in [0.4, 0.5) is 0 Å². The molecule has 0 saturated heterocycles. The summed E-state index contributed by atoms with van der Waals surface area (Å²) in [5.41, 5.74) is 1.08. The van der Waals surface area contributed by atoms with Crippen LogP contribution in [0.1, 0.15) is 32.0 Å². The second-order valence-corrected chi connectivity index (χ2v) is 3.79. The van der Waals surface area contributed by atoms with Gasteiger partial charge in [0.2, 0.25) is 0 Å². The van der Waals surface area contributed by atoms with E-state index >= 15 is 0 Å². The molecule has 80 valence electrons. The first-order valence-electron chi connectivity index (χ1n) is 5.08. The molecule has 0 radical (unpaired) electrons. The van der Waals surface area contributed by atoms with E-state index in [4.69, 9.17) is 11.6 Å². The molecular formula is C10H18ClN3. The Morgan fingerprint density at radius 3 is 3.07 bits per heavy atom. The van der Waals surface area contributed by atoms with Gasteiger partial charge in [-0.1, -0.05) is 6.92 Å². The molecule has 0 aromatic carbocycles. The second kappa shape index (κ2) is 6.04. The Labute approximate surface area is 90.4 Å². The van der Waals surface area contributed by atoms with Crippen LogP contribution in [0.2, 0.25) is 0 Å². The zero-order valence-electron chi connectivity index (χ0n) is 8.83. The van der Waals surface area contributed by atoms with Crippen LogP contribution in [-0.2, 0) is 6.54 Å². The Kier molecular flexibility index (Phi) is 4.98. The highest BCUT2D eigenvalue weighted by atomic mass is 35.5. The highest BCUT2D eigenvalue weighted by Crippen LogP contribution is 2.08. The number of hydrogen-bond donors (Lipinski definition) is 1. The quantitative estimate of drug-likeness (QED) is 0.583. The number of nitrogens with one attached hydrogen (secondary N) is 1. The molecule has 1 rings (SSSR count). The molecule has 0 saturated carbocycles.